The van der Waals surface area contributed by atoms with Crippen LogP contribution in [-0.2, 0) is 9.53 Å². The molecule has 8 nitrogen and oxygen atoms in total. The van der Waals surface area contributed by atoms with E-state index in [2.05, 4.69) is 20.9 Å². The van der Waals surface area contributed by atoms with Gasteiger partial charge < -0.3 is 25.6 Å². The van der Waals surface area contributed by atoms with Crippen molar-refractivity contribution >= 4 is 41.9 Å². The summed E-state index contributed by atoms with van der Waals surface area (Å²) in [4.78, 5) is 28.5. The number of hydrogen-bond acceptors (Lipinski definition) is 4. The molecule has 0 aromatic heterocycles. The minimum absolute atomic E-state index is 0. The summed E-state index contributed by atoms with van der Waals surface area (Å²) in [5.41, 5.74) is -0.488. The number of hydrogen-bond donors (Lipinski definition) is 3. The van der Waals surface area contributed by atoms with Crippen LogP contribution in [0.2, 0.25) is 0 Å². The molecule has 0 atom stereocenters. The van der Waals surface area contributed by atoms with Crippen LogP contribution < -0.4 is 16.0 Å². The number of guanidine groups is 1. The highest BCUT2D eigenvalue weighted by Crippen LogP contribution is 2.06. The van der Waals surface area contributed by atoms with Crippen LogP contribution in [0.4, 0.5) is 4.79 Å². The second-order valence-electron chi connectivity index (χ2n) is 6.25. The van der Waals surface area contributed by atoms with E-state index in [1.165, 1.54) is 0 Å². The molecule has 0 rings (SSSR count). The van der Waals surface area contributed by atoms with E-state index in [4.69, 9.17) is 4.74 Å². The molecule has 0 radical (unpaired) electrons. The quantitative estimate of drug-likeness (QED) is 0.231. The lowest BCUT2D eigenvalue weighted by atomic mass is 10.2. The molecule has 0 aromatic rings. The summed E-state index contributed by atoms with van der Waals surface area (Å²) in [6.07, 6.45) is 0.729. The molecule has 3 N–H and O–H groups in total. The lowest BCUT2D eigenvalue weighted by Gasteiger charge is -2.19. The van der Waals surface area contributed by atoms with Gasteiger partial charge in [-0.2, -0.15) is 0 Å². The third kappa shape index (κ3) is 14.3. The summed E-state index contributed by atoms with van der Waals surface area (Å²) in [5.74, 6) is 0.698. The number of carbonyl (C=O) groups excluding carboxylic acids is 2. The van der Waals surface area contributed by atoms with Crippen LogP contribution in [0.3, 0.4) is 0 Å². The zero-order chi connectivity index (χ0) is 17.9. The number of alkyl carbamates (subject to hydrolysis) is 1. The van der Waals surface area contributed by atoms with Crippen molar-refractivity contribution in [1.82, 2.24) is 20.9 Å². The number of halogens is 1. The molecule has 142 valence electrons. The van der Waals surface area contributed by atoms with Gasteiger partial charge in [-0.15, -0.1) is 24.0 Å². The van der Waals surface area contributed by atoms with Crippen molar-refractivity contribution in [2.24, 2.45) is 4.99 Å². The molecule has 2 amide bonds. The molecule has 0 saturated heterocycles. The van der Waals surface area contributed by atoms with Gasteiger partial charge in [0.1, 0.15) is 5.60 Å². The fourth-order valence-corrected chi connectivity index (χ4v) is 1.53. The zero-order valence-corrected chi connectivity index (χ0v) is 17.9. The maximum atomic E-state index is 11.4. The molecule has 24 heavy (non-hydrogen) atoms. The van der Waals surface area contributed by atoms with E-state index < -0.39 is 11.7 Å². The standard InChI is InChI=1S/C15H31N5O3.HI/c1-15(2,3)23-14(22)19-10-7-9-17-13(16-4)18-11-8-12(21)20(5)6;/h7-11H2,1-6H3,(H,19,22)(H2,16,17,18);1H. The summed E-state index contributed by atoms with van der Waals surface area (Å²) in [5, 5.41) is 8.87. The maximum Gasteiger partial charge on any atom is 0.407 e. The van der Waals surface area contributed by atoms with E-state index in [1.54, 1.807) is 26.0 Å². The summed E-state index contributed by atoms with van der Waals surface area (Å²) in [6, 6.07) is 0. The van der Waals surface area contributed by atoms with Crippen molar-refractivity contribution in [3.8, 4) is 0 Å². The molecule has 0 aliphatic carbocycles. The van der Waals surface area contributed by atoms with Crippen LogP contribution in [0.25, 0.3) is 0 Å². The Morgan fingerprint density at radius 3 is 2.08 bits per heavy atom. The van der Waals surface area contributed by atoms with Gasteiger partial charge in [-0.1, -0.05) is 0 Å². The molecule has 0 spiro atoms. The van der Waals surface area contributed by atoms with Crippen LogP contribution in [0.5, 0.6) is 0 Å². The van der Waals surface area contributed by atoms with Crippen molar-refractivity contribution in [2.45, 2.75) is 39.2 Å². The molecule has 0 fully saturated rings. The molecular weight excluding hydrogens is 425 g/mol. The van der Waals surface area contributed by atoms with Crippen LogP contribution in [0.15, 0.2) is 4.99 Å². The molecule has 9 heteroatoms. The average Bonchev–Trinajstić information content (AvgIpc) is 2.42. The van der Waals surface area contributed by atoms with Gasteiger partial charge in [-0.3, -0.25) is 9.79 Å². The molecular formula is C15H32IN5O3. The predicted octanol–water partition coefficient (Wildman–Crippen LogP) is 1.16. The Hall–Kier alpha value is -1.26. The van der Waals surface area contributed by atoms with Crippen LogP contribution in [0.1, 0.15) is 33.6 Å². The zero-order valence-electron chi connectivity index (χ0n) is 15.6. The first kappa shape index (κ1) is 25.0. The highest BCUT2D eigenvalue weighted by Gasteiger charge is 2.15. The number of amides is 2. The lowest BCUT2D eigenvalue weighted by Crippen LogP contribution is -2.40. The third-order valence-corrected chi connectivity index (χ3v) is 2.67. The van der Waals surface area contributed by atoms with Crippen LogP contribution in [0, 0.1) is 0 Å². The van der Waals surface area contributed by atoms with E-state index in [-0.39, 0.29) is 29.9 Å². The van der Waals surface area contributed by atoms with Crippen molar-refractivity contribution in [3.63, 3.8) is 0 Å². The van der Waals surface area contributed by atoms with E-state index in [9.17, 15) is 9.59 Å². The molecule has 0 aliphatic heterocycles. The van der Waals surface area contributed by atoms with Gasteiger partial charge in [-0.05, 0) is 27.2 Å². The molecule has 0 unspecified atom stereocenters. The van der Waals surface area contributed by atoms with Crippen LogP contribution >= 0.6 is 24.0 Å². The molecule has 0 aromatic carbocycles. The van der Waals surface area contributed by atoms with Crippen molar-refractivity contribution in [1.29, 1.82) is 0 Å². The van der Waals surface area contributed by atoms with E-state index in [0.717, 1.165) is 6.42 Å². The Kier molecular flexibility index (Phi) is 13.6. The van der Waals surface area contributed by atoms with Gasteiger partial charge in [0.15, 0.2) is 5.96 Å². The van der Waals surface area contributed by atoms with Gasteiger partial charge in [0.25, 0.3) is 0 Å². The summed E-state index contributed by atoms with van der Waals surface area (Å²) < 4.78 is 5.14. The Morgan fingerprint density at radius 1 is 1.04 bits per heavy atom. The Labute approximate surface area is 162 Å². The summed E-state index contributed by atoms with van der Waals surface area (Å²) >= 11 is 0. The smallest absolute Gasteiger partial charge is 0.407 e. The van der Waals surface area contributed by atoms with Crippen molar-refractivity contribution < 1.29 is 14.3 Å². The number of aliphatic imine (C=N–C) groups is 1. The first-order valence-corrected chi connectivity index (χ1v) is 7.77. The Morgan fingerprint density at radius 2 is 1.58 bits per heavy atom. The number of rotatable bonds is 7. The van der Waals surface area contributed by atoms with Crippen molar-refractivity contribution in [3.05, 3.63) is 0 Å². The molecule has 0 bridgehead atoms. The van der Waals surface area contributed by atoms with Gasteiger partial charge in [0.2, 0.25) is 5.91 Å². The maximum absolute atomic E-state index is 11.4. The van der Waals surface area contributed by atoms with Crippen LogP contribution in [-0.4, -0.2) is 69.2 Å². The number of carbonyl (C=O) groups is 2. The van der Waals surface area contributed by atoms with Crippen molar-refractivity contribution in [2.75, 3.05) is 40.8 Å². The molecule has 0 saturated carbocycles. The molecule has 0 heterocycles. The van der Waals surface area contributed by atoms with Gasteiger partial charge in [-0.25, -0.2) is 4.79 Å². The second-order valence-corrected chi connectivity index (χ2v) is 6.25. The normalized spacial score (nSPS) is 11.2. The minimum atomic E-state index is -0.488. The van der Waals surface area contributed by atoms with E-state index in [1.807, 2.05) is 20.8 Å². The second kappa shape index (κ2) is 13.1. The highest BCUT2D eigenvalue weighted by molar-refractivity contribution is 14.0. The lowest BCUT2D eigenvalue weighted by molar-refractivity contribution is -0.128. The van der Waals surface area contributed by atoms with Gasteiger partial charge >= 0.3 is 6.09 Å². The molecule has 0 aliphatic rings. The minimum Gasteiger partial charge on any atom is -0.444 e. The van der Waals surface area contributed by atoms with E-state index in [0.29, 0.717) is 32.0 Å². The summed E-state index contributed by atoms with van der Waals surface area (Å²) in [7, 11) is 5.13. The average molecular weight is 457 g/mol. The fraction of sp³-hybridized carbons (Fsp3) is 0.800. The Balaban J connectivity index is 0. The van der Waals surface area contributed by atoms with Gasteiger partial charge in [0, 0.05) is 47.2 Å². The number of ether oxygens (including phenoxy) is 1. The van der Waals surface area contributed by atoms with Gasteiger partial charge in [0.05, 0.1) is 0 Å². The Bertz CT molecular complexity index is 408. The SMILES string of the molecule is CN=C(NCCCNC(=O)OC(C)(C)C)NCCC(=O)N(C)C.I. The highest BCUT2D eigenvalue weighted by atomic mass is 127. The predicted molar refractivity (Wildman–Crippen MR) is 107 cm³/mol. The largest absolute Gasteiger partial charge is 0.444 e. The monoisotopic (exact) mass is 457 g/mol. The topological polar surface area (TPSA) is 95.1 Å². The number of nitrogens with one attached hydrogen (secondary N) is 3. The van der Waals surface area contributed by atoms with E-state index >= 15 is 0 Å². The number of nitrogens with zero attached hydrogens (tertiary/aromatic N) is 2. The fourth-order valence-electron chi connectivity index (χ4n) is 1.53. The first-order valence-electron chi connectivity index (χ1n) is 7.77. The first-order chi connectivity index (χ1) is 10.7. The third-order valence-electron chi connectivity index (χ3n) is 2.67. The summed E-state index contributed by atoms with van der Waals surface area (Å²) in [6.45, 7) is 7.16.